The third-order valence-corrected chi connectivity index (χ3v) is 1.98. The van der Waals surface area contributed by atoms with Crippen molar-refractivity contribution < 1.29 is 0 Å². The molecule has 0 aliphatic heterocycles. The zero-order valence-electron chi connectivity index (χ0n) is 6.42. The molecule has 0 N–H and O–H groups in total. The van der Waals surface area contributed by atoms with Gasteiger partial charge in [-0.25, -0.2) is 4.98 Å². The Hall–Kier alpha value is -1.01. The van der Waals surface area contributed by atoms with Gasteiger partial charge in [0.25, 0.3) is 0 Å². The molecule has 11 heavy (non-hydrogen) atoms. The molecule has 1 aromatic heterocycles. The van der Waals surface area contributed by atoms with Gasteiger partial charge in [-0.15, -0.1) is 12.6 Å². The minimum absolute atomic E-state index is 0.408. The normalized spacial score (nSPS) is 9.27. The highest BCUT2D eigenvalue weighted by Gasteiger charge is 2.02. The summed E-state index contributed by atoms with van der Waals surface area (Å²) in [6, 6.07) is 3.90. The Morgan fingerprint density at radius 1 is 1.55 bits per heavy atom. The fourth-order valence-electron chi connectivity index (χ4n) is 0.908. The smallest absolute Gasteiger partial charge is 0.154 e. The number of thiol groups is 1. The SMILES string of the molecule is Cc1cc(C)c(S)c(C#N)n1. The first-order valence-electron chi connectivity index (χ1n) is 3.22. The monoisotopic (exact) mass is 164 g/mol. The predicted octanol–water partition coefficient (Wildman–Crippen LogP) is 1.86. The van der Waals surface area contributed by atoms with Crippen LogP contribution in [0.4, 0.5) is 0 Å². The first-order chi connectivity index (χ1) is 5.15. The molecule has 0 saturated carbocycles. The third-order valence-electron chi connectivity index (χ3n) is 1.42. The molecule has 0 unspecified atom stereocenters. The quantitative estimate of drug-likeness (QED) is 0.594. The molecule has 0 aliphatic carbocycles. The van der Waals surface area contributed by atoms with Crippen LogP contribution in [0.3, 0.4) is 0 Å². The summed E-state index contributed by atoms with van der Waals surface area (Å²) in [6.45, 7) is 3.78. The zero-order valence-corrected chi connectivity index (χ0v) is 7.31. The molecular formula is C8H8N2S. The van der Waals surface area contributed by atoms with Crippen LogP contribution in [0.2, 0.25) is 0 Å². The van der Waals surface area contributed by atoms with Crippen LogP contribution in [0.5, 0.6) is 0 Å². The van der Waals surface area contributed by atoms with Crippen LogP contribution in [-0.4, -0.2) is 4.98 Å². The van der Waals surface area contributed by atoms with Gasteiger partial charge in [-0.05, 0) is 25.5 Å². The van der Waals surface area contributed by atoms with Crippen molar-refractivity contribution in [2.75, 3.05) is 0 Å². The maximum atomic E-state index is 8.61. The molecule has 1 rings (SSSR count). The number of hydrogen-bond donors (Lipinski definition) is 1. The van der Waals surface area contributed by atoms with E-state index in [0.29, 0.717) is 10.6 Å². The van der Waals surface area contributed by atoms with Gasteiger partial charge >= 0.3 is 0 Å². The highest BCUT2D eigenvalue weighted by molar-refractivity contribution is 7.80. The lowest BCUT2D eigenvalue weighted by atomic mass is 10.2. The van der Waals surface area contributed by atoms with E-state index in [1.54, 1.807) is 0 Å². The van der Waals surface area contributed by atoms with E-state index >= 15 is 0 Å². The molecule has 0 atom stereocenters. The van der Waals surface area contributed by atoms with Gasteiger partial charge in [0, 0.05) is 10.6 Å². The van der Waals surface area contributed by atoms with Crippen LogP contribution in [0.1, 0.15) is 17.0 Å². The topological polar surface area (TPSA) is 36.7 Å². The molecule has 1 aromatic rings. The van der Waals surface area contributed by atoms with Crippen molar-refractivity contribution in [2.45, 2.75) is 18.7 Å². The fourth-order valence-corrected chi connectivity index (χ4v) is 1.07. The summed E-state index contributed by atoms with van der Waals surface area (Å²) in [4.78, 5) is 4.69. The largest absolute Gasteiger partial charge is 0.241 e. The highest BCUT2D eigenvalue weighted by atomic mass is 32.1. The van der Waals surface area contributed by atoms with E-state index in [1.807, 2.05) is 26.0 Å². The van der Waals surface area contributed by atoms with Crippen LogP contribution in [0, 0.1) is 25.2 Å². The Balaban J connectivity index is 3.39. The van der Waals surface area contributed by atoms with Crippen molar-refractivity contribution >= 4 is 12.6 Å². The Labute approximate surface area is 71.3 Å². The Morgan fingerprint density at radius 3 is 2.73 bits per heavy atom. The van der Waals surface area contributed by atoms with Crippen molar-refractivity contribution in [2.24, 2.45) is 0 Å². The van der Waals surface area contributed by atoms with E-state index < -0.39 is 0 Å². The Bertz CT molecular complexity index is 326. The molecule has 3 heteroatoms. The second-order valence-electron chi connectivity index (χ2n) is 2.39. The van der Waals surface area contributed by atoms with Crippen molar-refractivity contribution in [3.05, 3.63) is 23.0 Å². The summed E-state index contributed by atoms with van der Waals surface area (Å²) < 4.78 is 0. The number of nitriles is 1. The van der Waals surface area contributed by atoms with Crippen molar-refractivity contribution in [1.29, 1.82) is 5.26 Å². The number of hydrogen-bond acceptors (Lipinski definition) is 3. The summed E-state index contributed by atoms with van der Waals surface area (Å²) >= 11 is 4.15. The molecule has 0 aliphatic rings. The molecule has 56 valence electrons. The van der Waals surface area contributed by atoms with Gasteiger partial charge in [0.2, 0.25) is 0 Å². The summed E-state index contributed by atoms with van der Waals surface area (Å²) in [7, 11) is 0. The number of rotatable bonds is 0. The molecule has 0 bridgehead atoms. The second kappa shape index (κ2) is 2.93. The molecule has 0 saturated heterocycles. The Morgan fingerprint density at radius 2 is 2.18 bits per heavy atom. The lowest BCUT2D eigenvalue weighted by molar-refractivity contribution is 1.08. The predicted molar refractivity (Wildman–Crippen MR) is 45.7 cm³/mol. The van der Waals surface area contributed by atoms with E-state index in [-0.39, 0.29) is 0 Å². The van der Waals surface area contributed by atoms with Crippen LogP contribution < -0.4 is 0 Å². The van der Waals surface area contributed by atoms with Crippen LogP contribution in [0.25, 0.3) is 0 Å². The second-order valence-corrected chi connectivity index (χ2v) is 2.84. The van der Waals surface area contributed by atoms with Crippen molar-refractivity contribution in [3.8, 4) is 6.07 Å². The molecule has 0 amide bonds. The number of pyridine rings is 1. The Kier molecular flexibility index (Phi) is 2.16. The van der Waals surface area contributed by atoms with E-state index in [9.17, 15) is 0 Å². The molecule has 0 aromatic carbocycles. The lowest BCUT2D eigenvalue weighted by Crippen LogP contribution is -1.91. The average Bonchev–Trinajstić information content (AvgIpc) is 1.96. The standard InChI is InChI=1S/C8H8N2S/c1-5-3-6(2)10-7(4-9)8(5)11/h3,11H,1-2H3. The first kappa shape index (κ1) is 8.09. The minimum atomic E-state index is 0.408. The van der Waals surface area contributed by atoms with Gasteiger partial charge in [-0.2, -0.15) is 5.26 Å². The summed E-state index contributed by atoms with van der Waals surface area (Å²) in [5.74, 6) is 0. The molecule has 0 spiro atoms. The fraction of sp³-hybridized carbons (Fsp3) is 0.250. The van der Waals surface area contributed by atoms with Gasteiger partial charge < -0.3 is 0 Å². The third kappa shape index (κ3) is 1.52. The van der Waals surface area contributed by atoms with Gasteiger partial charge in [0.1, 0.15) is 6.07 Å². The maximum Gasteiger partial charge on any atom is 0.154 e. The molecule has 0 radical (unpaired) electrons. The van der Waals surface area contributed by atoms with E-state index in [2.05, 4.69) is 17.6 Å². The van der Waals surface area contributed by atoms with Crippen LogP contribution >= 0.6 is 12.6 Å². The summed E-state index contributed by atoms with van der Waals surface area (Å²) in [5.41, 5.74) is 2.26. The lowest BCUT2D eigenvalue weighted by Gasteiger charge is -2.00. The van der Waals surface area contributed by atoms with Gasteiger partial charge in [-0.1, -0.05) is 0 Å². The first-order valence-corrected chi connectivity index (χ1v) is 3.67. The average molecular weight is 164 g/mol. The molecule has 1 heterocycles. The number of nitrogens with zero attached hydrogens (tertiary/aromatic N) is 2. The molecule has 2 nitrogen and oxygen atoms in total. The van der Waals surface area contributed by atoms with Crippen molar-refractivity contribution in [3.63, 3.8) is 0 Å². The summed E-state index contributed by atoms with van der Waals surface area (Å²) in [5, 5.41) is 8.61. The van der Waals surface area contributed by atoms with Crippen LogP contribution in [0.15, 0.2) is 11.0 Å². The minimum Gasteiger partial charge on any atom is -0.241 e. The molecular weight excluding hydrogens is 156 g/mol. The van der Waals surface area contributed by atoms with E-state index in [4.69, 9.17) is 5.26 Å². The van der Waals surface area contributed by atoms with Gasteiger partial charge in [0.05, 0.1) is 0 Å². The van der Waals surface area contributed by atoms with Gasteiger partial charge in [-0.3, -0.25) is 0 Å². The molecule has 0 fully saturated rings. The van der Waals surface area contributed by atoms with Crippen molar-refractivity contribution in [1.82, 2.24) is 4.98 Å². The van der Waals surface area contributed by atoms with Gasteiger partial charge in [0.15, 0.2) is 5.69 Å². The zero-order chi connectivity index (χ0) is 8.43. The number of aryl methyl sites for hydroxylation is 2. The van der Waals surface area contributed by atoms with Crippen LogP contribution in [-0.2, 0) is 0 Å². The highest BCUT2D eigenvalue weighted by Crippen LogP contribution is 2.16. The maximum absolute atomic E-state index is 8.61. The van der Waals surface area contributed by atoms with E-state index in [1.165, 1.54) is 0 Å². The summed E-state index contributed by atoms with van der Waals surface area (Å²) in [6.07, 6.45) is 0. The number of aromatic nitrogens is 1. The van der Waals surface area contributed by atoms with E-state index in [0.717, 1.165) is 11.3 Å².